The number of fused-ring (bicyclic) bond motifs is 1. The van der Waals surface area contributed by atoms with Gasteiger partial charge in [-0.1, -0.05) is 18.2 Å². The molecule has 1 aromatic rings. The molecular weight excluding hydrogens is 486 g/mol. The Labute approximate surface area is 214 Å². The van der Waals surface area contributed by atoms with Crippen LogP contribution in [0.1, 0.15) is 20.8 Å². The Morgan fingerprint density at radius 1 is 1.17 bits per heavy atom. The number of thioether (sulfide) groups is 1. The zero-order chi connectivity index (χ0) is 26.5. The quantitative estimate of drug-likeness (QED) is 0.298. The largest absolute Gasteiger partial charge is 0.484 e. The number of nitrogens with zero attached hydrogens (tertiary/aromatic N) is 2. The fraction of sp³-hybridized carbons (Fsp3) is 0.440. The molecule has 2 atom stereocenters. The minimum atomic E-state index is -0.803. The van der Waals surface area contributed by atoms with Crippen molar-refractivity contribution in [1.29, 1.82) is 0 Å². The van der Waals surface area contributed by atoms with Crippen molar-refractivity contribution in [2.75, 3.05) is 33.2 Å². The van der Waals surface area contributed by atoms with E-state index in [2.05, 4.69) is 5.32 Å². The molecule has 194 valence electrons. The van der Waals surface area contributed by atoms with Gasteiger partial charge in [0.2, 0.25) is 6.79 Å². The molecule has 2 unspecified atom stereocenters. The number of amides is 2. The third kappa shape index (κ3) is 6.60. The maximum absolute atomic E-state index is 13.0. The summed E-state index contributed by atoms with van der Waals surface area (Å²) in [6.45, 7) is 4.24. The molecule has 0 saturated carbocycles. The number of hydrogen-bond acceptors (Lipinski definition) is 9. The number of β-lactam (4-membered cyclic amide) rings is 1. The summed E-state index contributed by atoms with van der Waals surface area (Å²) in [6.07, 6.45) is 3.49. The maximum atomic E-state index is 13.0. The van der Waals surface area contributed by atoms with Gasteiger partial charge in [-0.15, -0.1) is 11.8 Å². The van der Waals surface area contributed by atoms with Crippen LogP contribution in [0.3, 0.4) is 0 Å². The minimum Gasteiger partial charge on any atom is -0.484 e. The van der Waals surface area contributed by atoms with Crippen LogP contribution in [-0.4, -0.2) is 78.2 Å². The molecule has 0 aromatic heterocycles. The van der Waals surface area contributed by atoms with Crippen LogP contribution in [0.15, 0.2) is 53.9 Å². The Hall–Kier alpha value is -3.47. The lowest BCUT2D eigenvalue weighted by Gasteiger charge is -2.49. The lowest BCUT2D eigenvalue weighted by Crippen LogP contribution is -2.70. The molecule has 0 spiro atoms. The predicted octanol–water partition coefficient (Wildman–Crippen LogP) is 1.88. The van der Waals surface area contributed by atoms with Crippen molar-refractivity contribution in [1.82, 2.24) is 15.1 Å². The van der Waals surface area contributed by atoms with Crippen molar-refractivity contribution in [2.45, 2.75) is 32.2 Å². The molecule has 1 aromatic carbocycles. The number of allylic oxidation sites excluding steroid dienone is 1. The van der Waals surface area contributed by atoms with Gasteiger partial charge in [-0.2, -0.15) is 0 Å². The molecule has 2 aliphatic heterocycles. The molecule has 10 nitrogen and oxygen atoms in total. The minimum absolute atomic E-state index is 0.0692. The molecule has 0 bridgehead atoms. The molecule has 3 rings (SSSR count). The molecule has 36 heavy (non-hydrogen) atoms. The maximum Gasteiger partial charge on any atom is 0.358 e. The number of para-hydroxylation sites is 1. The van der Waals surface area contributed by atoms with E-state index in [0.29, 0.717) is 17.1 Å². The Morgan fingerprint density at radius 3 is 2.50 bits per heavy atom. The summed E-state index contributed by atoms with van der Waals surface area (Å²) in [5, 5.41) is 2.21. The van der Waals surface area contributed by atoms with Crippen LogP contribution in [0, 0.1) is 5.41 Å². The average Bonchev–Trinajstić information content (AvgIpc) is 2.83. The SMILES string of the molecule is CN(C)/C=C/C1=C(C(=O)OCOC(=O)C(C)(C)C)N2C(=O)C(NC(=O)COc3ccccc3)C2SC1. The van der Waals surface area contributed by atoms with Crippen LogP contribution < -0.4 is 10.1 Å². The highest BCUT2D eigenvalue weighted by Gasteiger charge is 2.54. The van der Waals surface area contributed by atoms with Gasteiger partial charge >= 0.3 is 11.9 Å². The normalized spacial score (nSPS) is 19.4. The van der Waals surface area contributed by atoms with Gasteiger partial charge < -0.3 is 24.4 Å². The van der Waals surface area contributed by atoms with E-state index >= 15 is 0 Å². The van der Waals surface area contributed by atoms with E-state index in [0.717, 1.165) is 0 Å². The van der Waals surface area contributed by atoms with Crippen molar-refractivity contribution in [2.24, 2.45) is 5.41 Å². The van der Waals surface area contributed by atoms with Crippen LogP contribution in [0.4, 0.5) is 0 Å². The Bertz CT molecular complexity index is 1060. The lowest BCUT2D eigenvalue weighted by atomic mass is 9.98. The number of esters is 2. The third-order valence-electron chi connectivity index (χ3n) is 5.19. The van der Waals surface area contributed by atoms with Crippen LogP contribution in [0.2, 0.25) is 0 Å². The Balaban J connectivity index is 1.67. The summed E-state index contributed by atoms with van der Waals surface area (Å²) in [5.41, 5.74) is -0.0941. The molecule has 1 fully saturated rings. The first-order valence-electron chi connectivity index (χ1n) is 11.3. The molecule has 1 N–H and O–H groups in total. The molecule has 0 aliphatic carbocycles. The second-order valence-electron chi connectivity index (χ2n) is 9.44. The monoisotopic (exact) mass is 517 g/mol. The zero-order valence-electron chi connectivity index (χ0n) is 21.0. The van der Waals surface area contributed by atoms with Gasteiger partial charge in [0.05, 0.1) is 5.41 Å². The van der Waals surface area contributed by atoms with Gasteiger partial charge in [0.25, 0.3) is 11.8 Å². The van der Waals surface area contributed by atoms with Crippen LogP contribution in [-0.2, 0) is 28.7 Å². The van der Waals surface area contributed by atoms with Gasteiger partial charge in [-0.25, -0.2) is 4.79 Å². The molecule has 2 amide bonds. The van der Waals surface area contributed by atoms with Crippen molar-refractivity contribution >= 4 is 35.5 Å². The predicted molar refractivity (Wildman–Crippen MR) is 133 cm³/mol. The molecule has 1 saturated heterocycles. The van der Waals surface area contributed by atoms with E-state index in [1.807, 2.05) is 20.2 Å². The van der Waals surface area contributed by atoms with Gasteiger partial charge in [0.15, 0.2) is 6.61 Å². The van der Waals surface area contributed by atoms with E-state index in [1.165, 1.54) is 16.7 Å². The molecule has 2 heterocycles. The van der Waals surface area contributed by atoms with Crippen LogP contribution >= 0.6 is 11.8 Å². The number of nitrogens with one attached hydrogen (secondary N) is 1. The van der Waals surface area contributed by atoms with E-state index in [1.54, 1.807) is 62.2 Å². The van der Waals surface area contributed by atoms with Gasteiger partial charge in [0, 0.05) is 19.8 Å². The third-order valence-corrected chi connectivity index (χ3v) is 6.49. The van der Waals surface area contributed by atoms with Gasteiger partial charge in [-0.05, 0) is 50.8 Å². The highest BCUT2D eigenvalue weighted by molar-refractivity contribution is 8.00. The summed E-state index contributed by atoms with van der Waals surface area (Å²) < 4.78 is 15.7. The average molecular weight is 518 g/mol. The number of benzene rings is 1. The molecule has 11 heteroatoms. The van der Waals surface area contributed by atoms with Crippen molar-refractivity contribution in [3.63, 3.8) is 0 Å². The first-order valence-corrected chi connectivity index (χ1v) is 12.4. The van der Waals surface area contributed by atoms with E-state index in [-0.39, 0.29) is 12.3 Å². The number of carbonyl (C=O) groups is 4. The topological polar surface area (TPSA) is 114 Å². The van der Waals surface area contributed by atoms with Gasteiger partial charge in [-0.3, -0.25) is 19.3 Å². The van der Waals surface area contributed by atoms with Crippen molar-refractivity contribution in [3.05, 3.63) is 53.9 Å². The van der Waals surface area contributed by atoms with Crippen molar-refractivity contribution in [3.8, 4) is 5.75 Å². The summed E-state index contributed by atoms with van der Waals surface area (Å²) in [7, 11) is 3.66. The molecule has 2 aliphatic rings. The van der Waals surface area contributed by atoms with Crippen LogP contribution in [0.5, 0.6) is 5.75 Å². The summed E-state index contributed by atoms with van der Waals surface area (Å²) in [4.78, 5) is 53.5. The summed E-state index contributed by atoms with van der Waals surface area (Å²) >= 11 is 1.42. The highest BCUT2D eigenvalue weighted by atomic mass is 32.2. The first kappa shape index (κ1) is 27.1. The molecular formula is C25H31N3O7S. The summed E-state index contributed by atoms with van der Waals surface area (Å²) in [5.74, 6) is -1.23. The van der Waals surface area contributed by atoms with Crippen LogP contribution in [0.25, 0.3) is 0 Å². The Morgan fingerprint density at radius 2 is 1.86 bits per heavy atom. The number of rotatable bonds is 9. The zero-order valence-corrected chi connectivity index (χ0v) is 21.8. The number of carbonyl (C=O) groups excluding carboxylic acids is 4. The Kier molecular flexibility index (Phi) is 8.67. The smallest absolute Gasteiger partial charge is 0.358 e. The van der Waals surface area contributed by atoms with E-state index < -0.39 is 47.4 Å². The van der Waals surface area contributed by atoms with E-state index in [4.69, 9.17) is 14.2 Å². The fourth-order valence-corrected chi connectivity index (χ4v) is 4.62. The lowest BCUT2D eigenvalue weighted by molar-refractivity contribution is -0.173. The van der Waals surface area contributed by atoms with Crippen molar-refractivity contribution < 1.29 is 33.4 Å². The standard InChI is InChI=1S/C25H31N3O7S/c1-25(2,3)24(32)35-15-34-23(31)20-16(11-12-27(4)5)14-36-22-19(21(30)28(20)22)26-18(29)13-33-17-9-7-6-8-10-17/h6-12,19,22H,13-15H2,1-5H3,(H,26,29)/b12-11+. The second-order valence-corrected chi connectivity index (χ2v) is 10.5. The molecule has 0 radical (unpaired) electrons. The number of ether oxygens (including phenoxy) is 3. The van der Waals surface area contributed by atoms with E-state index in [9.17, 15) is 19.2 Å². The second kappa shape index (κ2) is 11.5. The highest BCUT2D eigenvalue weighted by Crippen LogP contribution is 2.41. The summed E-state index contributed by atoms with van der Waals surface area (Å²) in [6, 6.07) is 8.07. The fourth-order valence-electron chi connectivity index (χ4n) is 3.30. The van der Waals surface area contributed by atoms with Gasteiger partial charge in [0.1, 0.15) is 22.9 Å². The first-order chi connectivity index (χ1) is 17.0. The number of hydrogen-bond donors (Lipinski definition) is 1.